The summed E-state index contributed by atoms with van der Waals surface area (Å²) in [6, 6.07) is 7.39. The van der Waals surface area contributed by atoms with Crippen molar-refractivity contribution in [1.29, 1.82) is 0 Å². The van der Waals surface area contributed by atoms with Crippen LogP contribution in [-0.4, -0.2) is 87.0 Å². The second kappa shape index (κ2) is 9.18. The number of benzene rings is 1. The summed E-state index contributed by atoms with van der Waals surface area (Å²) in [5, 5.41) is 0. The lowest BCUT2D eigenvalue weighted by atomic mass is 10.1. The third-order valence-corrected chi connectivity index (χ3v) is 5.92. The van der Waals surface area contributed by atoms with Crippen LogP contribution in [0.15, 0.2) is 24.3 Å². The topological polar surface area (TPSA) is 87.2 Å². The van der Waals surface area contributed by atoms with E-state index in [1.807, 2.05) is 24.3 Å². The molecule has 0 bridgehead atoms. The average molecular weight is 397 g/mol. The highest BCUT2D eigenvalue weighted by Crippen LogP contribution is 2.13. The zero-order chi connectivity index (χ0) is 20.0. The van der Waals surface area contributed by atoms with Crippen LogP contribution < -0.4 is 4.74 Å². The van der Waals surface area contributed by atoms with Gasteiger partial charge in [-0.2, -0.15) is 4.31 Å². The van der Waals surface area contributed by atoms with E-state index in [4.69, 9.17) is 4.74 Å². The summed E-state index contributed by atoms with van der Waals surface area (Å²) in [6.45, 7) is 3.35. The molecular weight excluding hydrogens is 370 g/mol. The van der Waals surface area contributed by atoms with Gasteiger partial charge in [0.1, 0.15) is 5.75 Å². The van der Waals surface area contributed by atoms with Gasteiger partial charge in [-0.15, -0.1) is 0 Å². The molecule has 2 rings (SSSR count). The highest BCUT2D eigenvalue weighted by Gasteiger charge is 2.26. The zero-order valence-corrected chi connectivity index (χ0v) is 16.9. The van der Waals surface area contributed by atoms with Crippen molar-refractivity contribution >= 4 is 21.8 Å². The molecule has 1 aromatic carbocycles. The van der Waals surface area contributed by atoms with E-state index in [0.717, 1.165) is 17.6 Å². The first-order chi connectivity index (χ1) is 12.7. The van der Waals surface area contributed by atoms with Crippen LogP contribution >= 0.6 is 0 Å². The van der Waals surface area contributed by atoms with Crippen LogP contribution in [0, 0.1) is 0 Å². The molecular formula is C18H27N3O5S. The molecule has 0 unspecified atom stereocenters. The van der Waals surface area contributed by atoms with Crippen molar-refractivity contribution in [3.8, 4) is 5.75 Å². The molecule has 8 nitrogen and oxygen atoms in total. The van der Waals surface area contributed by atoms with E-state index < -0.39 is 10.0 Å². The lowest BCUT2D eigenvalue weighted by Crippen LogP contribution is -2.52. The van der Waals surface area contributed by atoms with Crippen molar-refractivity contribution < 1.29 is 22.7 Å². The third kappa shape index (κ3) is 6.21. The number of hydrogen-bond acceptors (Lipinski definition) is 5. The van der Waals surface area contributed by atoms with Gasteiger partial charge < -0.3 is 14.5 Å². The summed E-state index contributed by atoms with van der Waals surface area (Å²) < 4.78 is 30.5. The molecule has 1 heterocycles. The van der Waals surface area contributed by atoms with E-state index in [1.54, 1.807) is 16.9 Å². The fraction of sp³-hybridized carbons (Fsp3) is 0.556. The third-order valence-electron chi connectivity index (χ3n) is 4.67. The van der Waals surface area contributed by atoms with E-state index in [2.05, 4.69) is 0 Å². The van der Waals surface area contributed by atoms with Crippen molar-refractivity contribution in [1.82, 2.24) is 14.1 Å². The Morgan fingerprint density at radius 1 is 1.07 bits per heavy atom. The van der Waals surface area contributed by atoms with Gasteiger partial charge in [0.15, 0.2) is 0 Å². The minimum absolute atomic E-state index is 0.0145. The molecule has 0 radical (unpaired) electrons. The van der Waals surface area contributed by atoms with Crippen molar-refractivity contribution in [2.75, 3.05) is 52.6 Å². The molecule has 1 aliphatic rings. The summed E-state index contributed by atoms with van der Waals surface area (Å²) in [7, 11) is -1.92. The average Bonchev–Trinajstić information content (AvgIpc) is 2.64. The summed E-state index contributed by atoms with van der Waals surface area (Å²) in [6.07, 6.45) is 1.62. The highest BCUT2D eigenvalue weighted by molar-refractivity contribution is 7.88. The monoisotopic (exact) mass is 397 g/mol. The quantitative estimate of drug-likeness (QED) is 0.656. The molecule has 0 N–H and O–H groups in total. The first-order valence-corrected chi connectivity index (χ1v) is 10.7. The Hall–Kier alpha value is -2.13. The molecule has 0 saturated carbocycles. The molecule has 150 valence electrons. The van der Waals surface area contributed by atoms with E-state index in [0.29, 0.717) is 32.6 Å². The van der Waals surface area contributed by atoms with Gasteiger partial charge in [-0.25, -0.2) is 8.42 Å². The summed E-state index contributed by atoms with van der Waals surface area (Å²) in [5.74, 6) is 0.483. The van der Waals surface area contributed by atoms with Gasteiger partial charge >= 0.3 is 0 Å². The maximum absolute atomic E-state index is 12.5. The first-order valence-electron chi connectivity index (χ1n) is 8.82. The predicted octanol–water partition coefficient (Wildman–Crippen LogP) is 0.190. The van der Waals surface area contributed by atoms with Gasteiger partial charge in [0.25, 0.3) is 0 Å². The fourth-order valence-electron chi connectivity index (χ4n) is 2.93. The zero-order valence-electron chi connectivity index (χ0n) is 16.1. The van der Waals surface area contributed by atoms with Crippen LogP contribution in [0.25, 0.3) is 0 Å². The number of sulfonamides is 1. The lowest BCUT2D eigenvalue weighted by Gasteiger charge is -2.35. The minimum Gasteiger partial charge on any atom is -0.497 e. The molecule has 9 heteroatoms. The molecule has 1 aromatic rings. The number of ether oxygens (including phenoxy) is 1. The number of amides is 2. The smallest absolute Gasteiger partial charge is 0.238 e. The van der Waals surface area contributed by atoms with E-state index in [1.165, 1.54) is 11.2 Å². The van der Waals surface area contributed by atoms with Crippen LogP contribution in [0.5, 0.6) is 5.75 Å². The Kier molecular flexibility index (Phi) is 7.20. The summed E-state index contributed by atoms with van der Waals surface area (Å²) >= 11 is 0. The molecule has 0 atom stereocenters. The minimum atomic E-state index is -3.51. The Labute approximate surface area is 160 Å². The van der Waals surface area contributed by atoms with E-state index in [9.17, 15) is 18.0 Å². The number of hydrogen-bond donors (Lipinski definition) is 0. The standard InChI is InChI=1S/C18H27N3O5S/c1-15(22)19-10-12-20(13-11-19)18(23)14-21(27(3,24)25)9-8-16-4-6-17(26-2)7-5-16/h4-7H,8-14H2,1-3H3. The molecule has 27 heavy (non-hydrogen) atoms. The van der Waals surface area contributed by atoms with Gasteiger partial charge in [-0.3, -0.25) is 9.59 Å². The Bertz CT molecular complexity index is 756. The van der Waals surface area contributed by atoms with Crippen molar-refractivity contribution in [3.05, 3.63) is 29.8 Å². The van der Waals surface area contributed by atoms with Crippen LogP contribution in [0.4, 0.5) is 0 Å². The first kappa shape index (κ1) is 21.2. The number of rotatable bonds is 7. The SMILES string of the molecule is COc1ccc(CCN(CC(=O)N2CCN(C(C)=O)CC2)S(C)(=O)=O)cc1. The van der Waals surface area contributed by atoms with E-state index >= 15 is 0 Å². The van der Waals surface area contributed by atoms with Crippen LogP contribution in [0.3, 0.4) is 0 Å². The second-order valence-electron chi connectivity index (χ2n) is 6.58. The molecule has 0 aromatic heterocycles. The Balaban J connectivity index is 1.94. The van der Waals surface area contributed by atoms with Crippen molar-refractivity contribution in [2.24, 2.45) is 0 Å². The van der Waals surface area contributed by atoms with Crippen molar-refractivity contribution in [3.63, 3.8) is 0 Å². The van der Waals surface area contributed by atoms with Gasteiger partial charge in [0.05, 0.1) is 19.9 Å². The van der Waals surface area contributed by atoms with Gasteiger partial charge in [-0.05, 0) is 24.1 Å². The van der Waals surface area contributed by atoms with Crippen LogP contribution in [0.1, 0.15) is 12.5 Å². The number of carbonyl (C=O) groups is 2. The predicted molar refractivity (Wildman–Crippen MR) is 102 cm³/mol. The number of piperazine rings is 1. The van der Waals surface area contributed by atoms with Crippen molar-refractivity contribution in [2.45, 2.75) is 13.3 Å². The summed E-state index contributed by atoms with van der Waals surface area (Å²) in [5.41, 5.74) is 0.965. The molecule has 0 aliphatic carbocycles. The maximum atomic E-state index is 12.5. The largest absolute Gasteiger partial charge is 0.497 e. The van der Waals surface area contributed by atoms with Gasteiger partial charge in [0.2, 0.25) is 21.8 Å². The Morgan fingerprint density at radius 2 is 1.63 bits per heavy atom. The van der Waals surface area contributed by atoms with Crippen LogP contribution in [0.2, 0.25) is 0 Å². The van der Waals surface area contributed by atoms with Crippen LogP contribution in [-0.2, 0) is 26.0 Å². The summed E-state index contributed by atoms with van der Waals surface area (Å²) in [4.78, 5) is 27.2. The van der Waals surface area contributed by atoms with Gasteiger partial charge in [0, 0.05) is 39.6 Å². The lowest BCUT2D eigenvalue weighted by molar-refractivity contribution is -0.138. The normalized spacial score (nSPS) is 15.1. The van der Waals surface area contributed by atoms with Gasteiger partial charge in [-0.1, -0.05) is 12.1 Å². The molecule has 1 aliphatic heterocycles. The fourth-order valence-corrected chi connectivity index (χ4v) is 3.70. The molecule has 2 amide bonds. The highest BCUT2D eigenvalue weighted by atomic mass is 32.2. The molecule has 1 saturated heterocycles. The number of carbonyl (C=O) groups excluding carboxylic acids is 2. The molecule has 0 spiro atoms. The molecule has 1 fully saturated rings. The van der Waals surface area contributed by atoms with E-state index in [-0.39, 0.29) is 24.9 Å². The number of methoxy groups -OCH3 is 1. The second-order valence-corrected chi connectivity index (χ2v) is 8.56. The Morgan fingerprint density at radius 3 is 2.11 bits per heavy atom. The maximum Gasteiger partial charge on any atom is 0.238 e. The number of nitrogens with zero attached hydrogens (tertiary/aromatic N) is 3.